The first-order valence-corrected chi connectivity index (χ1v) is 10.8. The summed E-state index contributed by atoms with van der Waals surface area (Å²) in [6, 6.07) is -0.651. The minimum Gasteiger partial charge on any atom is -0.383 e. The van der Waals surface area contributed by atoms with Gasteiger partial charge in [0.1, 0.15) is 5.78 Å². The molecule has 0 spiro atoms. The van der Waals surface area contributed by atoms with Crippen molar-refractivity contribution in [3.05, 3.63) is 0 Å². The van der Waals surface area contributed by atoms with Crippen LogP contribution in [-0.4, -0.2) is 74.7 Å². The Morgan fingerprint density at radius 1 is 1.07 bits per heavy atom. The van der Waals surface area contributed by atoms with Crippen LogP contribution in [0.2, 0.25) is 0 Å². The number of hydrogen-bond acceptors (Lipinski definition) is 7. The molecule has 0 aromatic rings. The van der Waals surface area contributed by atoms with Crippen LogP contribution in [0.4, 0.5) is 0 Å². The summed E-state index contributed by atoms with van der Waals surface area (Å²) >= 11 is 1.21. The molecule has 0 heterocycles. The predicted octanol–water partition coefficient (Wildman–Crippen LogP) is 0.972. The molecular formula is C19H39N3O5S. The lowest BCUT2D eigenvalue weighted by atomic mass is 10.2. The van der Waals surface area contributed by atoms with Crippen molar-refractivity contribution in [3.8, 4) is 0 Å². The Morgan fingerprint density at radius 2 is 1.68 bits per heavy atom. The van der Waals surface area contributed by atoms with Gasteiger partial charge in [0.05, 0.1) is 24.5 Å². The summed E-state index contributed by atoms with van der Waals surface area (Å²) in [6.07, 6.45) is 0.0122. The van der Waals surface area contributed by atoms with Crippen LogP contribution in [0.3, 0.4) is 0 Å². The first-order chi connectivity index (χ1) is 13.3. The van der Waals surface area contributed by atoms with E-state index in [1.807, 2.05) is 27.7 Å². The van der Waals surface area contributed by atoms with Crippen LogP contribution < -0.4 is 16.4 Å². The molecule has 0 bridgehead atoms. The SMILES string of the molecule is CC.COCCNC(=O)C(CC(=O)NCCOCC(C)C)SCC(N)C(C)=O. The van der Waals surface area contributed by atoms with Crippen LogP contribution >= 0.6 is 11.8 Å². The molecule has 28 heavy (non-hydrogen) atoms. The Kier molecular flexibility index (Phi) is 19.9. The Morgan fingerprint density at radius 3 is 2.21 bits per heavy atom. The summed E-state index contributed by atoms with van der Waals surface area (Å²) in [6.45, 7) is 11.7. The van der Waals surface area contributed by atoms with E-state index in [0.29, 0.717) is 38.8 Å². The number of ketones is 1. The van der Waals surface area contributed by atoms with Crippen LogP contribution in [0, 0.1) is 5.92 Å². The molecule has 0 aliphatic carbocycles. The second kappa shape index (κ2) is 19.2. The first-order valence-electron chi connectivity index (χ1n) is 9.76. The fraction of sp³-hybridized carbons (Fsp3) is 0.842. The Labute approximate surface area is 174 Å². The van der Waals surface area contributed by atoms with Crippen LogP contribution in [0.15, 0.2) is 0 Å². The van der Waals surface area contributed by atoms with Crippen molar-refractivity contribution in [1.82, 2.24) is 10.6 Å². The van der Waals surface area contributed by atoms with Gasteiger partial charge in [-0.2, -0.15) is 0 Å². The van der Waals surface area contributed by atoms with Crippen molar-refractivity contribution >= 4 is 29.4 Å². The van der Waals surface area contributed by atoms with Gasteiger partial charge in [0, 0.05) is 39.0 Å². The molecule has 0 rings (SSSR count). The molecule has 166 valence electrons. The number of thioether (sulfide) groups is 1. The van der Waals surface area contributed by atoms with Crippen molar-refractivity contribution in [2.75, 3.05) is 45.8 Å². The zero-order valence-electron chi connectivity index (χ0n) is 18.2. The van der Waals surface area contributed by atoms with Crippen molar-refractivity contribution in [2.24, 2.45) is 11.7 Å². The van der Waals surface area contributed by atoms with Gasteiger partial charge in [-0.1, -0.05) is 27.7 Å². The number of rotatable bonds is 15. The van der Waals surface area contributed by atoms with Gasteiger partial charge in [0.2, 0.25) is 11.8 Å². The summed E-state index contributed by atoms with van der Waals surface area (Å²) in [5, 5.41) is 4.84. The topological polar surface area (TPSA) is 120 Å². The number of amides is 2. The third kappa shape index (κ3) is 17.0. The molecule has 0 saturated heterocycles. The zero-order valence-corrected chi connectivity index (χ0v) is 19.0. The lowest BCUT2D eigenvalue weighted by Crippen LogP contribution is -2.40. The van der Waals surface area contributed by atoms with Crippen LogP contribution in [-0.2, 0) is 23.9 Å². The third-order valence-electron chi connectivity index (χ3n) is 3.29. The summed E-state index contributed by atoms with van der Waals surface area (Å²) in [5.41, 5.74) is 5.72. The van der Waals surface area contributed by atoms with E-state index in [4.69, 9.17) is 15.2 Å². The molecule has 8 nitrogen and oxygen atoms in total. The second-order valence-corrected chi connectivity index (χ2v) is 7.58. The smallest absolute Gasteiger partial charge is 0.233 e. The quantitative estimate of drug-likeness (QED) is 0.337. The van der Waals surface area contributed by atoms with E-state index < -0.39 is 11.3 Å². The number of methoxy groups -OCH3 is 1. The summed E-state index contributed by atoms with van der Waals surface area (Å²) < 4.78 is 10.3. The molecular weight excluding hydrogens is 382 g/mol. The number of carbonyl (C=O) groups is 3. The van der Waals surface area contributed by atoms with Gasteiger partial charge < -0.3 is 25.8 Å². The van der Waals surface area contributed by atoms with Crippen LogP contribution in [0.25, 0.3) is 0 Å². The molecule has 4 N–H and O–H groups in total. The van der Waals surface area contributed by atoms with E-state index in [0.717, 1.165) is 0 Å². The maximum absolute atomic E-state index is 12.3. The number of ether oxygens (including phenoxy) is 2. The summed E-state index contributed by atoms with van der Waals surface area (Å²) in [5.74, 6) is 0.0566. The van der Waals surface area contributed by atoms with Crippen molar-refractivity contribution in [2.45, 2.75) is 52.3 Å². The molecule has 9 heteroatoms. The largest absolute Gasteiger partial charge is 0.383 e. The van der Waals surface area contributed by atoms with E-state index >= 15 is 0 Å². The minimum absolute atomic E-state index is 0.0122. The Bertz CT molecular complexity index is 436. The minimum atomic E-state index is -0.651. The van der Waals surface area contributed by atoms with Crippen LogP contribution in [0.5, 0.6) is 0 Å². The standard InChI is InChI=1S/C17H33N3O5S.C2H6/c1-12(2)10-25-8-6-19-16(22)9-15(17(23)20-5-7-24-4)26-11-14(18)13(3)21;1-2/h12,14-15H,5-11,18H2,1-4H3,(H,19,22)(H,20,23);1-2H3. The molecule has 0 aliphatic heterocycles. The van der Waals surface area contributed by atoms with E-state index in [1.165, 1.54) is 18.7 Å². The molecule has 0 aromatic carbocycles. The lowest BCUT2D eigenvalue weighted by molar-refractivity contribution is -0.126. The summed E-state index contributed by atoms with van der Waals surface area (Å²) in [4.78, 5) is 35.6. The first kappa shape index (κ1) is 29.0. The highest BCUT2D eigenvalue weighted by Crippen LogP contribution is 2.16. The highest BCUT2D eigenvalue weighted by molar-refractivity contribution is 8.00. The fourth-order valence-electron chi connectivity index (χ4n) is 1.78. The van der Waals surface area contributed by atoms with E-state index in [-0.39, 0.29) is 29.8 Å². The van der Waals surface area contributed by atoms with Crippen molar-refractivity contribution < 1.29 is 23.9 Å². The second-order valence-electron chi connectivity index (χ2n) is 6.35. The maximum atomic E-state index is 12.3. The highest BCUT2D eigenvalue weighted by Gasteiger charge is 2.23. The van der Waals surface area contributed by atoms with Crippen molar-refractivity contribution in [1.29, 1.82) is 0 Å². The molecule has 2 atom stereocenters. The third-order valence-corrected chi connectivity index (χ3v) is 4.62. The van der Waals surface area contributed by atoms with Gasteiger partial charge >= 0.3 is 0 Å². The van der Waals surface area contributed by atoms with Gasteiger partial charge in [-0.15, -0.1) is 11.8 Å². The number of nitrogens with two attached hydrogens (primary N) is 1. The van der Waals surface area contributed by atoms with E-state index in [9.17, 15) is 14.4 Å². The molecule has 2 unspecified atom stereocenters. The molecule has 0 fully saturated rings. The normalized spacial score (nSPS) is 12.6. The Balaban J connectivity index is 0. The maximum Gasteiger partial charge on any atom is 0.233 e. The number of carbonyl (C=O) groups excluding carboxylic acids is 3. The summed E-state index contributed by atoms with van der Waals surface area (Å²) in [7, 11) is 1.54. The zero-order chi connectivity index (χ0) is 21.9. The number of hydrogen-bond donors (Lipinski definition) is 3. The van der Waals surface area contributed by atoms with Gasteiger partial charge in [-0.25, -0.2) is 0 Å². The van der Waals surface area contributed by atoms with Crippen LogP contribution in [0.1, 0.15) is 41.0 Å². The van der Waals surface area contributed by atoms with Gasteiger partial charge in [-0.3, -0.25) is 14.4 Å². The Hall–Kier alpha value is -1.16. The van der Waals surface area contributed by atoms with Gasteiger partial charge in [0.15, 0.2) is 0 Å². The number of Topliss-reactive ketones (excluding diaryl/α,β-unsaturated/α-hetero) is 1. The molecule has 0 aliphatic rings. The highest BCUT2D eigenvalue weighted by atomic mass is 32.2. The fourth-order valence-corrected chi connectivity index (χ4v) is 2.96. The molecule has 0 saturated carbocycles. The van der Waals surface area contributed by atoms with Crippen molar-refractivity contribution in [3.63, 3.8) is 0 Å². The lowest BCUT2D eigenvalue weighted by Gasteiger charge is -2.18. The van der Waals surface area contributed by atoms with Gasteiger partial charge in [0.25, 0.3) is 0 Å². The average Bonchev–Trinajstić information content (AvgIpc) is 2.65. The number of nitrogens with one attached hydrogen (secondary N) is 2. The van der Waals surface area contributed by atoms with E-state index in [1.54, 1.807) is 7.11 Å². The van der Waals surface area contributed by atoms with Gasteiger partial charge in [-0.05, 0) is 12.8 Å². The molecule has 0 radical (unpaired) electrons. The van der Waals surface area contributed by atoms with E-state index in [2.05, 4.69) is 10.6 Å². The molecule has 0 aromatic heterocycles. The monoisotopic (exact) mass is 421 g/mol. The predicted molar refractivity (Wildman–Crippen MR) is 114 cm³/mol. The average molecular weight is 422 g/mol. The molecule has 2 amide bonds.